The van der Waals surface area contributed by atoms with Gasteiger partial charge in [0.1, 0.15) is 11.6 Å². The molecule has 1 unspecified atom stereocenters. The second kappa shape index (κ2) is 7.29. The molecule has 0 aliphatic carbocycles. The van der Waals surface area contributed by atoms with Gasteiger partial charge in [-0.25, -0.2) is 8.78 Å². The summed E-state index contributed by atoms with van der Waals surface area (Å²) >= 11 is 4.70. The lowest BCUT2D eigenvalue weighted by Gasteiger charge is -2.20. The van der Waals surface area contributed by atoms with Crippen LogP contribution in [0.4, 0.5) is 8.78 Å². The third-order valence-electron chi connectivity index (χ3n) is 3.05. The summed E-state index contributed by atoms with van der Waals surface area (Å²) in [6, 6.07) is 4.26. The van der Waals surface area contributed by atoms with Crippen molar-refractivity contribution < 1.29 is 8.78 Å². The van der Waals surface area contributed by atoms with Gasteiger partial charge in [0.15, 0.2) is 0 Å². The number of thiophene rings is 1. The van der Waals surface area contributed by atoms with Gasteiger partial charge in [-0.3, -0.25) is 0 Å². The Morgan fingerprint density at radius 1 is 1.30 bits per heavy atom. The molecule has 0 saturated heterocycles. The Morgan fingerprint density at radius 3 is 2.55 bits per heavy atom. The van der Waals surface area contributed by atoms with Crippen LogP contribution in [0.3, 0.4) is 0 Å². The first-order valence-electron chi connectivity index (χ1n) is 6.50. The molecule has 2 rings (SSSR count). The summed E-state index contributed by atoms with van der Waals surface area (Å²) in [5.74, 6) is -1.03. The average Bonchev–Trinajstić information content (AvgIpc) is 2.87. The van der Waals surface area contributed by atoms with Crippen LogP contribution in [0.15, 0.2) is 33.4 Å². The molecule has 1 nitrogen and oxygen atoms in total. The van der Waals surface area contributed by atoms with Crippen molar-refractivity contribution in [1.29, 1.82) is 0 Å². The summed E-state index contributed by atoms with van der Waals surface area (Å²) in [7, 11) is 0. The number of rotatable bonds is 6. The SMILES string of the molecule is CCCNC(Cc1ccsc1)c1c(F)cc(Br)cc1F. The minimum Gasteiger partial charge on any atom is -0.309 e. The topological polar surface area (TPSA) is 12.0 Å². The van der Waals surface area contributed by atoms with Gasteiger partial charge in [0.2, 0.25) is 0 Å². The van der Waals surface area contributed by atoms with Crippen LogP contribution in [0.5, 0.6) is 0 Å². The van der Waals surface area contributed by atoms with E-state index in [2.05, 4.69) is 21.2 Å². The molecule has 1 N–H and O–H groups in total. The molecule has 0 aliphatic heterocycles. The van der Waals surface area contributed by atoms with Crippen molar-refractivity contribution in [1.82, 2.24) is 5.32 Å². The van der Waals surface area contributed by atoms with Gasteiger partial charge in [0, 0.05) is 16.1 Å². The zero-order valence-electron chi connectivity index (χ0n) is 11.1. The highest BCUT2D eigenvalue weighted by Crippen LogP contribution is 2.27. The number of hydrogen-bond donors (Lipinski definition) is 1. The van der Waals surface area contributed by atoms with Gasteiger partial charge in [-0.1, -0.05) is 22.9 Å². The van der Waals surface area contributed by atoms with E-state index in [-0.39, 0.29) is 11.6 Å². The van der Waals surface area contributed by atoms with Gasteiger partial charge in [-0.15, -0.1) is 0 Å². The monoisotopic (exact) mass is 359 g/mol. The van der Waals surface area contributed by atoms with E-state index in [0.29, 0.717) is 10.9 Å². The van der Waals surface area contributed by atoms with Gasteiger partial charge >= 0.3 is 0 Å². The molecule has 0 amide bonds. The zero-order valence-corrected chi connectivity index (χ0v) is 13.5. The number of nitrogens with one attached hydrogen (secondary N) is 1. The van der Waals surface area contributed by atoms with Crippen LogP contribution >= 0.6 is 27.3 Å². The van der Waals surface area contributed by atoms with E-state index >= 15 is 0 Å². The van der Waals surface area contributed by atoms with Gasteiger partial charge in [-0.05, 0) is 53.9 Å². The van der Waals surface area contributed by atoms with Crippen LogP contribution in [0, 0.1) is 11.6 Å². The number of halogens is 3. The Balaban J connectivity index is 2.30. The lowest BCUT2D eigenvalue weighted by molar-refractivity contribution is 0.464. The first-order chi connectivity index (χ1) is 9.61. The number of hydrogen-bond acceptors (Lipinski definition) is 2. The molecule has 0 bridgehead atoms. The Hall–Kier alpha value is -0.780. The molecule has 1 aromatic heterocycles. The molecule has 1 atom stereocenters. The third-order valence-corrected chi connectivity index (χ3v) is 4.24. The quantitative estimate of drug-likeness (QED) is 0.758. The van der Waals surface area contributed by atoms with Gasteiger partial charge in [-0.2, -0.15) is 11.3 Å². The summed E-state index contributed by atoms with van der Waals surface area (Å²) in [5.41, 5.74) is 1.21. The fraction of sp³-hybridized carbons (Fsp3) is 0.333. The Morgan fingerprint density at radius 2 is 2.00 bits per heavy atom. The third kappa shape index (κ3) is 3.87. The summed E-state index contributed by atoms with van der Waals surface area (Å²) in [4.78, 5) is 0. The lowest BCUT2D eigenvalue weighted by Crippen LogP contribution is -2.26. The smallest absolute Gasteiger partial charge is 0.132 e. The molecule has 20 heavy (non-hydrogen) atoms. The average molecular weight is 360 g/mol. The van der Waals surface area contributed by atoms with Crippen molar-refractivity contribution in [2.75, 3.05) is 6.54 Å². The molecule has 0 fully saturated rings. The summed E-state index contributed by atoms with van der Waals surface area (Å²) in [6.45, 7) is 2.76. The first-order valence-corrected chi connectivity index (χ1v) is 8.24. The van der Waals surface area contributed by atoms with Crippen LogP contribution in [0.1, 0.15) is 30.5 Å². The van der Waals surface area contributed by atoms with Crippen LogP contribution < -0.4 is 5.32 Å². The van der Waals surface area contributed by atoms with Crippen molar-refractivity contribution in [2.24, 2.45) is 0 Å². The van der Waals surface area contributed by atoms with Crippen LogP contribution in [-0.2, 0) is 6.42 Å². The fourth-order valence-electron chi connectivity index (χ4n) is 2.13. The summed E-state index contributed by atoms with van der Waals surface area (Å²) in [6.07, 6.45) is 1.50. The van der Waals surface area contributed by atoms with Crippen LogP contribution in [0.25, 0.3) is 0 Å². The molecule has 0 spiro atoms. The van der Waals surface area contributed by atoms with Crippen molar-refractivity contribution in [3.05, 3.63) is 56.2 Å². The van der Waals surface area contributed by atoms with E-state index < -0.39 is 11.6 Å². The normalized spacial score (nSPS) is 12.6. The molecule has 1 heterocycles. The standard InChI is InChI=1S/C15H16BrF2NS/c1-2-4-19-14(6-10-3-5-20-9-10)15-12(17)7-11(16)8-13(15)18/h3,5,7-9,14,19H,2,4,6H2,1H3. The predicted octanol–water partition coefficient (Wildman–Crippen LogP) is 5.07. The zero-order chi connectivity index (χ0) is 14.5. The van der Waals surface area contributed by atoms with Crippen molar-refractivity contribution >= 4 is 27.3 Å². The molecule has 0 radical (unpaired) electrons. The van der Waals surface area contributed by atoms with Crippen LogP contribution in [0.2, 0.25) is 0 Å². The molecule has 0 aliphatic rings. The van der Waals surface area contributed by atoms with E-state index in [4.69, 9.17) is 0 Å². The van der Waals surface area contributed by atoms with E-state index in [1.54, 1.807) is 11.3 Å². The van der Waals surface area contributed by atoms with Crippen LogP contribution in [-0.4, -0.2) is 6.54 Å². The highest BCUT2D eigenvalue weighted by Gasteiger charge is 2.21. The maximum atomic E-state index is 14.1. The second-order valence-corrected chi connectivity index (χ2v) is 6.32. The molecule has 2 aromatic rings. The van der Waals surface area contributed by atoms with E-state index in [1.807, 2.05) is 23.8 Å². The lowest BCUT2D eigenvalue weighted by atomic mass is 9.99. The molecule has 1 aromatic carbocycles. The minimum absolute atomic E-state index is 0.118. The Kier molecular flexibility index (Phi) is 5.69. The minimum atomic E-state index is -0.513. The Bertz CT molecular complexity index is 534. The van der Waals surface area contributed by atoms with E-state index in [0.717, 1.165) is 18.5 Å². The van der Waals surface area contributed by atoms with Gasteiger partial charge in [0.05, 0.1) is 0 Å². The highest BCUT2D eigenvalue weighted by atomic mass is 79.9. The number of benzene rings is 1. The predicted molar refractivity (Wildman–Crippen MR) is 83.1 cm³/mol. The molecular weight excluding hydrogens is 344 g/mol. The molecular formula is C15H16BrF2NS. The summed E-state index contributed by atoms with van der Waals surface area (Å²) < 4.78 is 28.6. The largest absolute Gasteiger partial charge is 0.309 e. The van der Waals surface area contributed by atoms with Gasteiger partial charge in [0.25, 0.3) is 0 Å². The summed E-state index contributed by atoms with van der Waals surface area (Å²) in [5, 5.41) is 7.22. The Labute approximate surface area is 130 Å². The maximum absolute atomic E-state index is 14.1. The van der Waals surface area contributed by atoms with Gasteiger partial charge < -0.3 is 5.32 Å². The van der Waals surface area contributed by atoms with E-state index in [9.17, 15) is 8.78 Å². The molecule has 108 valence electrons. The second-order valence-electron chi connectivity index (χ2n) is 4.63. The first kappa shape index (κ1) is 15.6. The maximum Gasteiger partial charge on any atom is 0.132 e. The molecule has 5 heteroatoms. The van der Waals surface area contributed by atoms with Crippen molar-refractivity contribution in [2.45, 2.75) is 25.8 Å². The van der Waals surface area contributed by atoms with E-state index in [1.165, 1.54) is 12.1 Å². The van der Waals surface area contributed by atoms with Crippen molar-refractivity contribution in [3.63, 3.8) is 0 Å². The molecule has 0 saturated carbocycles. The van der Waals surface area contributed by atoms with Crippen molar-refractivity contribution in [3.8, 4) is 0 Å². The fourth-order valence-corrected chi connectivity index (χ4v) is 3.21. The highest BCUT2D eigenvalue weighted by molar-refractivity contribution is 9.10.